The Bertz CT molecular complexity index is 1770. The van der Waals surface area contributed by atoms with Crippen molar-refractivity contribution >= 4 is 33.3 Å². The number of rotatable bonds is 6. The molecule has 4 aromatic rings. The van der Waals surface area contributed by atoms with Crippen molar-refractivity contribution in [3.05, 3.63) is 70.3 Å². The Labute approximate surface area is 243 Å². The summed E-state index contributed by atoms with van der Waals surface area (Å²) in [5.74, 6) is 0.487. The monoisotopic (exact) mass is 569 g/mol. The summed E-state index contributed by atoms with van der Waals surface area (Å²) < 4.78 is 24.1. The summed E-state index contributed by atoms with van der Waals surface area (Å²) in [6, 6.07) is 13.0. The second-order valence-corrected chi connectivity index (χ2v) is 12.1. The highest BCUT2D eigenvalue weighted by Crippen LogP contribution is 2.48. The van der Waals surface area contributed by atoms with Crippen LogP contribution in [0.25, 0.3) is 27.4 Å². The molecule has 8 nitrogen and oxygen atoms in total. The van der Waals surface area contributed by atoms with Gasteiger partial charge in [0.2, 0.25) is 5.43 Å². The van der Waals surface area contributed by atoms with Crippen LogP contribution in [-0.2, 0) is 0 Å². The van der Waals surface area contributed by atoms with Crippen LogP contribution in [0.5, 0.6) is 11.5 Å². The average Bonchev–Trinajstić information content (AvgIpc) is 3.41. The Kier molecular flexibility index (Phi) is 6.86. The first-order valence-corrected chi connectivity index (χ1v) is 15.0. The molecule has 3 aliphatic heterocycles. The van der Waals surface area contributed by atoms with Gasteiger partial charge in [0.05, 0.1) is 11.1 Å². The van der Waals surface area contributed by atoms with E-state index in [-0.39, 0.29) is 22.7 Å². The minimum atomic E-state index is -0.562. The summed E-state index contributed by atoms with van der Waals surface area (Å²) in [4.78, 5) is 31.5. The van der Waals surface area contributed by atoms with E-state index in [1.54, 1.807) is 6.20 Å². The fraction of sp³-hybridized carbons (Fsp3) is 0.394. The summed E-state index contributed by atoms with van der Waals surface area (Å²) >= 11 is 0. The smallest absolute Gasteiger partial charge is 0.256 e. The van der Waals surface area contributed by atoms with Gasteiger partial charge in [0.25, 0.3) is 5.91 Å². The van der Waals surface area contributed by atoms with Crippen molar-refractivity contribution in [1.29, 1.82) is 0 Å². The topological polar surface area (TPSA) is 92.8 Å². The molecule has 9 heteroatoms. The van der Waals surface area contributed by atoms with Crippen molar-refractivity contribution in [3.63, 3.8) is 0 Å². The van der Waals surface area contributed by atoms with E-state index in [1.807, 2.05) is 45.9 Å². The molecule has 4 heterocycles. The van der Waals surface area contributed by atoms with Crippen molar-refractivity contribution in [2.45, 2.75) is 38.6 Å². The molecule has 42 heavy (non-hydrogen) atoms. The fourth-order valence-corrected chi connectivity index (χ4v) is 6.83. The maximum atomic E-state index is 15.9. The number of benzene rings is 3. The molecule has 2 saturated heterocycles. The number of hydrogen-bond acceptors (Lipinski definition) is 6. The molecule has 3 N–H and O–H groups in total. The first kappa shape index (κ1) is 26.9. The predicted octanol–water partition coefficient (Wildman–Crippen LogP) is 4.78. The lowest BCUT2D eigenvalue weighted by Gasteiger charge is -2.30. The largest absolute Gasteiger partial charge is 0.451 e. The van der Waals surface area contributed by atoms with Gasteiger partial charge in [-0.05, 0) is 73.7 Å². The number of nitrogens with one attached hydrogen (secondary N) is 1. The van der Waals surface area contributed by atoms with E-state index >= 15 is 4.39 Å². The molecule has 3 aliphatic rings. The predicted molar refractivity (Wildman–Crippen MR) is 164 cm³/mol. The van der Waals surface area contributed by atoms with Gasteiger partial charge >= 0.3 is 0 Å². The molecule has 1 aromatic heterocycles. The number of piperidine rings is 1. The zero-order valence-electron chi connectivity index (χ0n) is 23.9. The van der Waals surface area contributed by atoms with Crippen molar-refractivity contribution in [3.8, 4) is 17.2 Å². The van der Waals surface area contributed by atoms with Crippen molar-refractivity contribution in [1.82, 2.24) is 14.8 Å². The van der Waals surface area contributed by atoms with Crippen LogP contribution in [0.15, 0.2) is 53.5 Å². The van der Waals surface area contributed by atoms with Crippen molar-refractivity contribution in [2.24, 2.45) is 11.7 Å². The van der Waals surface area contributed by atoms with Gasteiger partial charge in [-0.2, -0.15) is 0 Å². The zero-order chi connectivity index (χ0) is 29.0. The maximum absolute atomic E-state index is 15.9. The lowest BCUT2D eigenvalue weighted by atomic mass is 10.0. The molecule has 1 amide bonds. The van der Waals surface area contributed by atoms with Gasteiger partial charge in [0.15, 0.2) is 17.3 Å². The fourth-order valence-electron chi connectivity index (χ4n) is 6.83. The molecule has 218 valence electrons. The molecule has 0 spiro atoms. The second kappa shape index (κ2) is 10.7. The van der Waals surface area contributed by atoms with Gasteiger partial charge < -0.3 is 30.2 Å². The van der Waals surface area contributed by atoms with Crippen LogP contribution in [0, 0.1) is 11.7 Å². The summed E-state index contributed by atoms with van der Waals surface area (Å²) in [6.07, 6.45) is 5.59. The maximum Gasteiger partial charge on any atom is 0.256 e. The van der Waals surface area contributed by atoms with Crippen LogP contribution >= 0.6 is 0 Å². The van der Waals surface area contributed by atoms with Gasteiger partial charge in [0, 0.05) is 38.4 Å². The SMILES string of the molecule is CC1CCCN(CCCNC(=O)c2cn3c4c(c(N5CCC(N)C5)c(F)cc4c2=O)Oc2cc4ccccc4cc2-3)C1. The number of halogens is 1. The van der Waals surface area contributed by atoms with Gasteiger partial charge in [0.1, 0.15) is 16.8 Å². The first-order chi connectivity index (χ1) is 20.4. The molecule has 2 fully saturated rings. The van der Waals surface area contributed by atoms with E-state index in [0.29, 0.717) is 48.2 Å². The summed E-state index contributed by atoms with van der Waals surface area (Å²) in [5, 5.41) is 5.02. The molecule has 0 bridgehead atoms. The Morgan fingerprint density at radius 1 is 1.12 bits per heavy atom. The molecule has 0 aliphatic carbocycles. The molecule has 0 radical (unpaired) electrons. The molecule has 3 aromatic carbocycles. The lowest BCUT2D eigenvalue weighted by Crippen LogP contribution is -2.37. The summed E-state index contributed by atoms with van der Waals surface area (Å²) in [5.41, 5.74) is 7.08. The van der Waals surface area contributed by atoms with Crippen LogP contribution < -0.4 is 26.1 Å². The number of pyridine rings is 1. The summed E-state index contributed by atoms with van der Waals surface area (Å²) in [7, 11) is 0. The van der Waals surface area contributed by atoms with Gasteiger partial charge in [-0.3, -0.25) is 9.59 Å². The van der Waals surface area contributed by atoms with Crippen molar-refractivity contribution in [2.75, 3.05) is 44.2 Å². The number of likely N-dealkylation sites (tertiary alicyclic amines) is 1. The second-order valence-electron chi connectivity index (χ2n) is 12.1. The van der Waals surface area contributed by atoms with E-state index in [1.165, 1.54) is 18.9 Å². The third-order valence-electron chi connectivity index (χ3n) is 8.93. The highest BCUT2D eigenvalue weighted by atomic mass is 19.1. The summed E-state index contributed by atoms with van der Waals surface area (Å²) in [6.45, 7) is 6.88. The van der Waals surface area contributed by atoms with E-state index in [9.17, 15) is 9.59 Å². The highest BCUT2D eigenvalue weighted by molar-refractivity contribution is 6.02. The zero-order valence-corrected chi connectivity index (χ0v) is 23.9. The Hall–Kier alpha value is -3.95. The number of nitrogens with zero attached hydrogens (tertiary/aromatic N) is 3. The van der Waals surface area contributed by atoms with Crippen LogP contribution in [0.3, 0.4) is 0 Å². The van der Waals surface area contributed by atoms with E-state index in [4.69, 9.17) is 10.5 Å². The number of fused-ring (bicyclic) bond motifs is 3. The van der Waals surface area contributed by atoms with E-state index in [0.717, 1.165) is 43.2 Å². The molecule has 0 saturated carbocycles. The first-order valence-electron chi connectivity index (χ1n) is 15.0. The lowest BCUT2D eigenvalue weighted by molar-refractivity contribution is 0.0948. The van der Waals surface area contributed by atoms with Crippen LogP contribution in [0.4, 0.5) is 10.1 Å². The van der Waals surface area contributed by atoms with Gasteiger partial charge in [-0.25, -0.2) is 4.39 Å². The standard InChI is InChI=1S/C33H36FN5O3/c1-20-6-4-11-37(17-20)12-5-10-36-33(41)25-19-39-27-14-21-7-2-3-8-22(21)15-28(27)42-32-29(39)24(31(25)40)16-26(34)30(32)38-13-9-23(35)18-38/h2-3,7-8,14-16,19-20,23H,4-6,9-13,17-18,35H2,1H3,(H,36,41). The van der Waals surface area contributed by atoms with Crippen LogP contribution in [0.1, 0.15) is 43.0 Å². The highest BCUT2D eigenvalue weighted by Gasteiger charge is 2.33. The third-order valence-corrected chi connectivity index (χ3v) is 8.93. The Morgan fingerprint density at radius 3 is 2.69 bits per heavy atom. The van der Waals surface area contributed by atoms with E-state index < -0.39 is 17.2 Å². The van der Waals surface area contributed by atoms with Crippen LogP contribution in [0.2, 0.25) is 0 Å². The average molecular weight is 570 g/mol. The number of ether oxygens (including phenoxy) is 1. The minimum absolute atomic E-state index is 0.0172. The molecule has 2 atom stereocenters. The molecule has 7 rings (SSSR count). The number of nitrogens with two attached hydrogens (primary N) is 1. The quantitative estimate of drug-likeness (QED) is 0.286. The Balaban J connectivity index is 1.29. The van der Waals surface area contributed by atoms with E-state index in [2.05, 4.69) is 17.1 Å². The normalized spacial score (nSPS) is 20.1. The molecule has 2 unspecified atom stereocenters. The minimum Gasteiger partial charge on any atom is -0.451 e. The number of aromatic nitrogens is 1. The van der Waals surface area contributed by atoms with Crippen molar-refractivity contribution < 1.29 is 13.9 Å². The third kappa shape index (κ3) is 4.70. The number of anilines is 1. The molecular weight excluding hydrogens is 533 g/mol. The van der Waals surface area contributed by atoms with Gasteiger partial charge in [-0.1, -0.05) is 31.2 Å². The molecular formula is C33H36FN5O3. The Morgan fingerprint density at radius 2 is 1.93 bits per heavy atom. The number of hydrogen-bond donors (Lipinski definition) is 2. The van der Waals surface area contributed by atoms with Gasteiger partial charge in [-0.15, -0.1) is 0 Å². The van der Waals surface area contributed by atoms with Crippen LogP contribution in [-0.4, -0.2) is 60.7 Å². The number of amides is 1. The number of carbonyl (C=O) groups is 1. The number of carbonyl (C=O) groups excluding carboxylic acids is 1.